The first-order valence-electron chi connectivity index (χ1n) is 14.2. The van der Waals surface area contributed by atoms with Gasteiger partial charge in [-0.15, -0.1) is 18.2 Å². The van der Waals surface area contributed by atoms with Crippen LogP contribution in [0.15, 0.2) is 0 Å². The van der Waals surface area contributed by atoms with E-state index in [9.17, 15) is 0 Å². The van der Waals surface area contributed by atoms with Gasteiger partial charge in [0.1, 0.15) is 0 Å². The molecule has 0 heterocycles. The fourth-order valence-electron chi connectivity index (χ4n) is 2.95. The van der Waals surface area contributed by atoms with Gasteiger partial charge in [0, 0.05) is 6.61 Å². The third-order valence-electron chi connectivity index (χ3n) is 5.42. The highest BCUT2D eigenvalue weighted by atomic mass is 24.5. The van der Waals surface area contributed by atoms with Gasteiger partial charge >= 0.3 is 40.7 Å². The molecule has 0 fully saturated rings. The normalized spacial score (nSPS) is 10.2. The van der Waals surface area contributed by atoms with Crippen LogP contribution in [0.3, 0.4) is 0 Å². The molecule has 0 aliphatic carbocycles. The highest BCUT2D eigenvalue weighted by Crippen LogP contribution is 2.10. The Labute approximate surface area is 214 Å². The predicted octanol–water partition coefficient (Wildman–Crippen LogP) is 9.87. The summed E-state index contributed by atoms with van der Waals surface area (Å²) in [6.45, 7) is 18.3. The van der Waals surface area contributed by atoms with E-state index in [2.05, 4.69) is 55.4 Å². The van der Waals surface area contributed by atoms with Crippen molar-refractivity contribution < 1.29 is 5.11 Å². The zero-order valence-electron chi connectivity index (χ0n) is 23.2. The largest absolute Gasteiger partial charge is 0.396 e. The van der Waals surface area contributed by atoms with Gasteiger partial charge in [-0.2, -0.15) is 0 Å². The molecule has 0 radical (unpaired) electrons. The van der Waals surface area contributed by atoms with Crippen molar-refractivity contribution in [3.63, 3.8) is 0 Å². The van der Waals surface area contributed by atoms with Crippen molar-refractivity contribution >= 4 is 40.7 Å². The predicted molar refractivity (Wildman–Crippen MR) is 147 cm³/mol. The first-order valence-corrected chi connectivity index (χ1v) is 18.2. The molecule has 0 bridgehead atoms. The molecule has 180 valence electrons. The van der Waals surface area contributed by atoms with Crippen LogP contribution in [-0.4, -0.2) is 52.4 Å². The minimum Gasteiger partial charge on any atom is -0.396 e. The molecule has 3 heteroatoms. The monoisotopic (exact) mass is 450 g/mol. The van der Waals surface area contributed by atoms with E-state index in [1.807, 2.05) is 0 Å². The topological polar surface area (TPSA) is 20.2 Å². The first kappa shape index (κ1) is 38.7. The summed E-state index contributed by atoms with van der Waals surface area (Å²) in [7, 11) is 0. The van der Waals surface area contributed by atoms with Crippen molar-refractivity contribution in [3.8, 4) is 0 Å². The van der Waals surface area contributed by atoms with Gasteiger partial charge in [0.2, 0.25) is 0 Å². The van der Waals surface area contributed by atoms with E-state index >= 15 is 0 Å². The van der Waals surface area contributed by atoms with E-state index in [1.54, 1.807) is 9.10 Å². The Morgan fingerprint density at radius 3 is 1.20 bits per heavy atom. The number of unbranched alkanes of at least 4 members (excludes halogenated alkanes) is 7. The van der Waals surface area contributed by atoms with Crippen LogP contribution in [0.5, 0.6) is 0 Å². The Hall–Kier alpha value is 1.49. The van der Waals surface area contributed by atoms with E-state index in [-0.39, 0.29) is 0 Å². The molecule has 0 spiro atoms. The molecule has 1 nitrogen and oxygen atoms in total. The lowest BCUT2D eigenvalue weighted by Gasteiger charge is -2.08. The summed E-state index contributed by atoms with van der Waals surface area (Å²) < 4.78 is 6.15. The maximum Gasteiger partial charge on any atom is 0.363 e. The van der Waals surface area contributed by atoms with Crippen LogP contribution in [-0.2, 0) is 0 Å². The zero-order valence-corrected chi connectivity index (χ0v) is 26.0. The highest BCUT2D eigenvalue weighted by Gasteiger charge is 2.01. The number of hydrogen-bond donors (Lipinski definition) is 1. The zero-order chi connectivity index (χ0) is 23.7. The molecule has 0 rings (SSSR count). The van der Waals surface area contributed by atoms with Gasteiger partial charge in [-0.05, 0) is 12.3 Å². The fraction of sp³-hybridized carbons (Fsp3) is 1.00. The molecule has 0 aromatic heterocycles. The lowest BCUT2D eigenvalue weighted by atomic mass is 10.0. The van der Waals surface area contributed by atoms with Crippen molar-refractivity contribution in [2.75, 3.05) is 6.61 Å². The van der Waals surface area contributed by atoms with Crippen molar-refractivity contribution in [3.05, 3.63) is 0 Å². The molecule has 0 aliphatic heterocycles. The van der Waals surface area contributed by atoms with Crippen molar-refractivity contribution in [2.24, 2.45) is 5.92 Å². The van der Waals surface area contributed by atoms with Crippen LogP contribution < -0.4 is 0 Å². The minimum atomic E-state index is 0.372. The van der Waals surface area contributed by atoms with Crippen LogP contribution >= 0.6 is 0 Å². The van der Waals surface area contributed by atoms with Gasteiger partial charge in [0.25, 0.3) is 0 Å². The van der Waals surface area contributed by atoms with Gasteiger partial charge in [0.15, 0.2) is 0 Å². The molecular weight excluding hydrogens is 389 g/mol. The highest BCUT2D eigenvalue weighted by molar-refractivity contribution is 6.35. The van der Waals surface area contributed by atoms with E-state index in [1.165, 1.54) is 86.2 Å². The van der Waals surface area contributed by atoms with Crippen LogP contribution in [0.4, 0.5) is 0 Å². The molecule has 1 atom stereocenters. The lowest BCUT2D eigenvalue weighted by molar-refractivity contribution is 0.212. The summed E-state index contributed by atoms with van der Waals surface area (Å²) in [6, 6.07) is 0. The molecule has 0 saturated heterocycles. The number of rotatable bonds is 17. The average molecular weight is 451 g/mol. The van der Waals surface area contributed by atoms with Gasteiger partial charge < -0.3 is 5.11 Å². The molecule has 0 amide bonds. The van der Waals surface area contributed by atoms with E-state index in [0.717, 1.165) is 6.42 Å². The van der Waals surface area contributed by atoms with Crippen LogP contribution in [0, 0.1) is 5.92 Å². The summed E-state index contributed by atoms with van der Waals surface area (Å²) in [5.41, 5.74) is 0. The van der Waals surface area contributed by atoms with Crippen LogP contribution in [0.25, 0.3) is 0 Å². The SMILES string of the molecule is CCCCC(CC)CO.CCCCCCC.CCC[CH2][Mg][CH2]C.CCC[CH2][Mg][CH2]C. The van der Waals surface area contributed by atoms with Gasteiger partial charge in [-0.1, -0.05) is 132 Å². The standard InChI is InChI=1S/C8H18O.C7H16.2C4H9.2C2H5.2Mg/c1-3-5-6-8(4-2)7-9;1-3-5-7-6-4-2;2*1-3-4-2;2*1-2;;/h8-9H,3-7H2,1-2H3;3-7H2,1-2H3;2*1,3-4H2,2H3;2*1H2,2H3;;. The van der Waals surface area contributed by atoms with E-state index < -0.39 is 0 Å². The fourth-order valence-corrected chi connectivity index (χ4v) is 5.65. The summed E-state index contributed by atoms with van der Waals surface area (Å²) in [6.07, 6.45) is 17.6. The molecule has 0 aromatic rings. The Bertz CT molecular complexity index is 185. The quantitative estimate of drug-likeness (QED) is 0.172. The number of hydrogen-bond acceptors (Lipinski definition) is 1. The van der Waals surface area contributed by atoms with Gasteiger partial charge in [-0.25, -0.2) is 0 Å². The Morgan fingerprint density at radius 1 is 0.533 bits per heavy atom. The van der Waals surface area contributed by atoms with E-state index in [4.69, 9.17) is 5.11 Å². The molecule has 30 heavy (non-hydrogen) atoms. The summed E-state index contributed by atoms with van der Waals surface area (Å²) in [5, 5.41) is 8.75. The third kappa shape index (κ3) is 51.8. The van der Waals surface area contributed by atoms with Crippen LogP contribution in [0.1, 0.15) is 139 Å². The summed E-state index contributed by atoms with van der Waals surface area (Å²) >= 11 is 0.821. The lowest BCUT2D eigenvalue weighted by Crippen LogP contribution is -2.03. The molecule has 0 saturated carbocycles. The Balaban J connectivity index is -0.000000151. The maximum absolute atomic E-state index is 8.75. The second-order valence-electron chi connectivity index (χ2n) is 8.78. The Morgan fingerprint density at radius 2 is 0.933 bits per heavy atom. The molecule has 0 aromatic carbocycles. The first-order chi connectivity index (χ1) is 14.6. The molecular formula is C27H62Mg2O. The van der Waals surface area contributed by atoms with Crippen LogP contribution in [0.2, 0.25) is 18.2 Å². The van der Waals surface area contributed by atoms with Gasteiger partial charge in [-0.3, -0.25) is 0 Å². The smallest absolute Gasteiger partial charge is 0.363 e. The number of aliphatic hydroxyl groups excluding tert-OH is 1. The average Bonchev–Trinajstić information content (AvgIpc) is 2.77. The molecule has 1 N–H and O–H groups in total. The number of aliphatic hydroxyl groups is 1. The third-order valence-corrected chi connectivity index (χ3v) is 8.84. The second kappa shape index (κ2) is 44.2. The summed E-state index contributed by atoms with van der Waals surface area (Å²) in [5.74, 6) is 0.560. The Kier molecular flexibility index (Phi) is 57.1. The molecule has 1 unspecified atom stereocenters. The van der Waals surface area contributed by atoms with E-state index in [0.29, 0.717) is 53.3 Å². The van der Waals surface area contributed by atoms with Gasteiger partial charge in [0.05, 0.1) is 0 Å². The van der Waals surface area contributed by atoms with Crippen molar-refractivity contribution in [1.82, 2.24) is 0 Å². The minimum absolute atomic E-state index is 0.372. The molecule has 0 aliphatic rings. The maximum atomic E-state index is 8.75. The summed E-state index contributed by atoms with van der Waals surface area (Å²) in [4.78, 5) is 0. The second-order valence-corrected chi connectivity index (χ2v) is 13.6. The van der Waals surface area contributed by atoms with Crippen molar-refractivity contribution in [1.29, 1.82) is 0 Å². The van der Waals surface area contributed by atoms with Crippen molar-refractivity contribution in [2.45, 2.75) is 157 Å².